The fourth-order valence-electron chi connectivity index (χ4n) is 8.88. The lowest BCUT2D eigenvalue weighted by molar-refractivity contribution is -0.114. The molecule has 0 bridgehead atoms. The highest BCUT2D eigenvalue weighted by atomic mass is 19.3. The van der Waals surface area contributed by atoms with Gasteiger partial charge in [-0.05, 0) is 84.8 Å². The highest BCUT2D eigenvalue weighted by Crippen LogP contribution is 2.70. The smallest absolute Gasteiger partial charge is 0.272 e. The van der Waals surface area contributed by atoms with Crippen molar-refractivity contribution in [2.45, 2.75) is 69.8 Å². The Hall–Kier alpha value is -2.79. The van der Waals surface area contributed by atoms with Crippen LogP contribution in [0.5, 0.6) is 0 Å². The van der Waals surface area contributed by atoms with Crippen LogP contribution in [-0.4, -0.2) is 18.0 Å². The molecule has 192 valence electrons. The summed E-state index contributed by atoms with van der Waals surface area (Å²) in [4.78, 5) is 12.3. The predicted octanol–water partition coefficient (Wildman–Crippen LogP) is 8.16. The van der Waals surface area contributed by atoms with Crippen LogP contribution in [-0.2, 0) is 9.53 Å². The number of furan rings is 1. The van der Waals surface area contributed by atoms with Gasteiger partial charge < -0.3 is 9.15 Å². The first-order chi connectivity index (χ1) is 17.9. The van der Waals surface area contributed by atoms with Gasteiger partial charge >= 0.3 is 0 Å². The van der Waals surface area contributed by atoms with Crippen molar-refractivity contribution in [1.29, 1.82) is 0 Å². The van der Waals surface area contributed by atoms with Crippen LogP contribution in [0.2, 0.25) is 0 Å². The number of hydrogen-bond acceptors (Lipinski definition) is 3. The second-order valence-electron chi connectivity index (χ2n) is 11.8. The Morgan fingerprint density at radius 1 is 1.00 bits per heavy atom. The van der Waals surface area contributed by atoms with Crippen molar-refractivity contribution in [2.75, 3.05) is 6.61 Å². The average Bonchev–Trinajstić information content (AvgIpc) is 3.64. The van der Waals surface area contributed by atoms with Gasteiger partial charge in [-0.2, -0.15) is 8.78 Å². The molecule has 1 aliphatic heterocycles. The Morgan fingerprint density at radius 3 is 2.59 bits per heavy atom. The zero-order chi connectivity index (χ0) is 25.4. The second kappa shape index (κ2) is 8.36. The van der Waals surface area contributed by atoms with Crippen molar-refractivity contribution in [1.82, 2.24) is 0 Å². The zero-order valence-corrected chi connectivity index (χ0v) is 21.2. The summed E-state index contributed by atoms with van der Waals surface area (Å²) in [6.45, 7) is 2.62. The summed E-state index contributed by atoms with van der Waals surface area (Å²) >= 11 is 0. The second-order valence-corrected chi connectivity index (χ2v) is 11.8. The number of benzene rings is 1. The van der Waals surface area contributed by atoms with Crippen molar-refractivity contribution >= 4 is 5.78 Å². The number of ether oxygens (including phenoxy) is 1. The van der Waals surface area contributed by atoms with E-state index in [4.69, 9.17) is 9.15 Å². The van der Waals surface area contributed by atoms with Gasteiger partial charge in [-0.15, -0.1) is 0 Å². The molecule has 1 saturated heterocycles. The standard InChI is InChI=1S/C32H32F2O3/c1-31-17-26(20-4-2-19(3-5-20)22-11-14-36-18-22)29-24-9-7-23(35)16-21(24)6-8-25(29)27(31)10-13-32(31)28(30(33)34)12-15-37-32/h2-5,11,14,16,18,25-27H,6-10,12-13,15,17H2,1H3/t25-,26+,27-,31-,32+/m0/s1. The molecule has 5 atom stereocenters. The van der Waals surface area contributed by atoms with Gasteiger partial charge in [0.25, 0.3) is 6.08 Å². The van der Waals surface area contributed by atoms with Crippen LogP contribution in [0, 0.1) is 17.3 Å². The molecule has 0 N–H and O–H groups in total. The van der Waals surface area contributed by atoms with Crippen molar-refractivity contribution < 1.29 is 22.7 Å². The molecule has 3 nitrogen and oxygen atoms in total. The number of ketones is 1. The number of carbonyl (C=O) groups excluding carboxylic acids is 1. The minimum atomic E-state index is -1.54. The molecule has 37 heavy (non-hydrogen) atoms. The summed E-state index contributed by atoms with van der Waals surface area (Å²) in [7, 11) is 0. The number of hydrogen-bond donors (Lipinski definition) is 0. The number of fused-ring (bicyclic) bond motifs is 5. The Bertz CT molecular complexity index is 1340. The quantitative estimate of drug-likeness (QED) is 0.416. The average molecular weight is 503 g/mol. The van der Waals surface area contributed by atoms with Gasteiger partial charge in [0.15, 0.2) is 5.78 Å². The van der Waals surface area contributed by atoms with E-state index in [0.717, 1.165) is 43.2 Å². The van der Waals surface area contributed by atoms with Gasteiger partial charge in [-0.1, -0.05) is 36.8 Å². The molecule has 0 radical (unpaired) electrons. The SMILES string of the molecule is C[C@]12C[C@H](c3ccc(-c4ccoc4)cc3)C3=C4CCC(=O)C=C4CC[C@H]3[C@@H]1CC[C@]21OCCC1=C(F)F. The molecular weight excluding hydrogens is 470 g/mol. The molecular formula is C32H32F2O3. The molecule has 5 heteroatoms. The van der Waals surface area contributed by atoms with E-state index in [0.29, 0.717) is 37.7 Å². The van der Waals surface area contributed by atoms with E-state index in [-0.39, 0.29) is 22.7 Å². The maximum atomic E-state index is 14.3. The molecule has 1 aromatic carbocycles. The maximum Gasteiger partial charge on any atom is 0.272 e. The first-order valence-corrected chi connectivity index (χ1v) is 13.7. The number of carbonyl (C=O) groups is 1. The highest BCUT2D eigenvalue weighted by Gasteiger charge is 2.67. The first-order valence-electron chi connectivity index (χ1n) is 13.7. The molecule has 2 aromatic rings. The van der Waals surface area contributed by atoms with Crippen LogP contribution >= 0.6 is 0 Å². The Morgan fingerprint density at radius 2 is 1.84 bits per heavy atom. The van der Waals surface area contributed by atoms with E-state index in [1.165, 1.54) is 22.3 Å². The lowest BCUT2D eigenvalue weighted by Gasteiger charge is -2.55. The van der Waals surface area contributed by atoms with Gasteiger partial charge in [-0.3, -0.25) is 4.79 Å². The van der Waals surface area contributed by atoms with Crippen molar-refractivity contribution in [3.05, 3.63) is 82.9 Å². The van der Waals surface area contributed by atoms with Gasteiger partial charge in [0.05, 0.1) is 19.1 Å². The maximum absolute atomic E-state index is 14.3. The minimum Gasteiger partial charge on any atom is -0.472 e. The molecule has 7 rings (SSSR count). The van der Waals surface area contributed by atoms with Gasteiger partial charge in [0.2, 0.25) is 0 Å². The first kappa shape index (κ1) is 23.3. The molecule has 5 aliphatic rings. The number of allylic oxidation sites excluding steroid dienone is 4. The lowest BCUT2D eigenvalue weighted by atomic mass is 9.50. The minimum absolute atomic E-state index is 0.125. The van der Waals surface area contributed by atoms with Crippen molar-refractivity contribution in [2.24, 2.45) is 17.3 Å². The monoisotopic (exact) mass is 502 g/mol. The third kappa shape index (κ3) is 3.29. The van der Waals surface area contributed by atoms with E-state index < -0.39 is 11.7 Å². The summed E-state index contributed by atoms with van der Waals surface area (Å²) < 4.78 is 40.3. The van der Waals surface area contributed by atoms with Crippen LogP contribution < -0.4 is 0 Å². The zero-order valence-electron chi connectivity index (χ0n) is 21.2. The third-order valence-electron chi connectivity index (χ3n) is 10.4. The summed E-state index contributed by atoms with van der Waals surface area (Å²) in [5, 5.41) is 0. The molecule has 4 aliphatic carbocycles. The Kier molecular flexibility index (Phi) is 5.27. The van der Waals surface area contributed by atoms with Gasteiger partial charge in [0, 0.05) is 35.3 Å². The fraction of sp³-hybridized carbons (Fsp3) is 0.469. The summed E-state index contributed by atoms with van der Waals surface area (Å²) in [5.41, 5.74) is 6.46. The normalized spacial score (nSPS) is 34.9. The van der Waals surface area contributed by atoms with Crippen LogP contribution in [0.3, 0.4) is 0 Å². The Balaban J connectivity index is 1.38. The van der Waals surface area contributed by atoms with Gasteiger partial charge in [0.1, 0.15) is 5.60 Å². The highest BCUT2D eigenvalue weighted by molar-refractivity contribution is 5.93. The summed E-state index contributed by atoms with van der Waals surface area (Å²) in [6, 6.07) is 10.6. The van der Waals surface area contributed by atoms with Crippen molar-refractivity contribution in [3.63, 3.8) is 0 Å². The number of halogens is 2. The van der Waals surface area contributed by atoms with E-state index in [1.807, 2.05) is 12.1 Å². The number of rotatable bonds is 2. The topological polar surface area (TPSA) is 39.4 Å². The van der Waals surface area contributed by atoms with E-state index in [2.05, 4.69) is 31.2 Å². The van der Waals surface area contributed by atoms with Crippen LogP contribution in [0.4, 0.5) is 8.78 Å². The van der Waals surface area contributed by atoms with Crippen LogP contribution in [0.1, 0.15) is 69.8 Å². The molecule has 0 unspecified atom stereocenters. The van der Waals surface area contributed by atoms with Gasteiger partial charge in [-0.25, -0.2) is 0 Å². The lowest BCUT2D eigenvalue weighted by Crippen LogP contribution is -2.52. The molecule has 1 spiro atoms. The van der Waals surface area contributed by atoms with Crippen LogP contribution in [0.15, 0.2) is 81.7 Å². The van der Waals surface area contributed by atoms with E-state index >= 15 is 0 Å². The molecule has 1 aromatic heterocycles. The van der Waals surface area contributed by atoms with Crippen LogP contribution in [0.25, 0.3) is 11.1 Å². The van der Waals surface area contributed by atoms with Crippen molar-refractivity contribution in [3.8, 4) is 11.1 Å². The fourth-order valence-corrected chi connectivity index (χ4v) is 8.88. The Labute approximate surface area is 216 Å². The third-order valence-corrected chi connectivity index (χ3v) is 10.4. The molecule has 2 saturated carbocycles. The largest absolute Gasteiger partial charge is 0.472 e. The van der Waals surface area contributed by atoms with E-state index in [9.17, 15) is 13.6 Å². The predicted molar refractivity (Wildman–Crippen MR) is 137 cm³/mol. The summed E-state index contributed by atoms with van der Waals surface area (Å²) in [5.74, 6) is 1.000. The molecule has 3 fully saturated rings. The molecule has 2 heterocycles. The van der Waals surface area contributed by atoms with E-state index in [1.54, 1.807) is 12.5 Å². The summed E-state index contributed by atoms with van der Waals surface area (Å²) in [6.07, 6.45) is 9.73. The molecule has 0 amide bonds.